The van der Waals surface area contributed by atoms with Crippen LogP contribution in [0.3, 0.4) is 0 Å². The highest BCUT2D eigenvalue weighted by molar-refractivity contribution is 7.53. The van der Waals surface area contributed by atoms with E-state index in [1.165, 1.54) is 0 Å². The second-order valence-electron chi connectivity index (χ2n) is 5.00. The van der Waals surface area contributed by atoms with Crippen molar-refractivity contribution in [3.8, 4) is 5.75 Å². The summed E-state index contributed by atoms with van der Waals surface area (Å²) >= 11 is 0. The minimum atomic E-state index is -3.00. The molecule has 1 aromatic rings. The molecule has 0 saturated carbocycles. The van der Waals surface area contributed by atoms with Gasteiger partial charge in [-0.25, -0.2) is 4.79 Å². The zero-order chi connectivity index (χ0) is 17.8. The quantitative estimate of drug-likeness (QED) is 0.438. The summed E-state index contributed by atoms with van der Waals surface area (Å²) in [6.07, 6.45) is 0.500. The van der Waals surface area contributed by atoms with Gasteiger partial charge >= 0.3 is 13.7 Å². The van der Waals surface area contributed by atoms with Crippen molar-refractivity contribution in [2.75, 3.05) is 32.5 Å². The van der Waals surface area contributed by atoms with Crippen molar-refractivity contribution in [1.29, 1.82) is 0 Å². The molecule has 0 bridgehead atoms. The van der Waals surface area contributed by atoms with Crippen molar-refractivity contribution in [2.45, 2.75) is 26.7 Å². The fourth-order valence-electron chi connectivity index (χ4n) is 2.07. The Hall–Kier alpha value is -1.56. The van der Waals surface area contributed by atoms with E-state index in [-0.39, 0.29) is 0 Å². The average Bonchev–Trinajstić information content (AvgIpc) is 2.53. The molecule has 0 aromatic heterocycles. The van der Waals surface area contributed by atoms with E-state index >= 15 is 0 Å². The zero-order valence-electron chi connectivity index (χ0n) is 14.2. The van der Waals surface area contributed by atoms with Crippen LogP contribution in [-0.2, 0) is 20.0 Å². The van der Waals surface area contributed by atoms with Gasteiger partial charge in [0.1, 0.15) is 5.75 Å². The highest BCUT2D eigenvalue weighted by atomic mass is 31.2. The lowest BCUT2D eigenvalue weighted by Crippen LogP contribution is -2.23. The molecule has 0 unspecified atom stereocenters. The predicted octanol–water partition coefficient (Wildman–Crippen LogP) is 3.53. The number of carboxylic acid groups (broad SMARTS) is 1. The molecule has 1 amide bonds. The molecule has 0 aliphatic rings. The van der Waals surface area contributed by atoms with Gasteiger partial charge < -0.3 is 24.2 Å². The first-order chi connectivity index (χ1) is 11.5. The van der Waals surface area contributed by atoms with Gasteiger partial charge in [0.15, 0.2) is 0 Å². The summed E-state index contributed by atoms with van der Waals surface area (Å²) in [6.45, 7) is 5.09. The number of carbonyl (C=O) groups is 1. The maximum atomic E-state index is 12.3. The number of hydrogen-bond donors (Lipinski definition) is 2. The summed E-state index contributed by atoms with van der Waals surface area (Å²) in [6, 6.07) is 7.45. The van der Waals surface area contributed by atoms with E-state index in [0.717, 1.165) is 5.56 Å². The lowest BCUT2D eigenvalue weighted by Gasteiger charge is -2.16. The second kappa shape index (κ2) is 11.1. The smallest absolute Gasteiger partial charge is 0.404 e. The van der Waals surface area contributed by atoms with E-state index in [4.69, 9.17) is 18.9 Å². The lowest BCUT2D eigenvalue weighted by molar-refractivity contribution is 0.194. The fourth-order valence-corrected chi connectivity index (χ4v) is 3.71. The summed E-state index contributed by atoms with van der Waals surface area (Å²) in [5.74, 6) is 0.715. The van der Waals surface area contributed by atoms with Crippen molar-refractivity contribution in [3.05, 3.63) is 29.8 Å². The number of benzene rings is 1. The van der Waals surface area contributed by atoms with Crippen molar-refractivity contribution in [2.24, 2.45) is 0 Å². The van der Waals surface area contributed by atoms with Gasteiger partial charge in [-0.1, -0.05) is 12.1 Å². The molecule has 0 saturated heterocycles. The fraction of sp³-hybridized carbons (Fsp3) is 0.562. The van der Waals surface area contributed by atoms with Gasteiger partial charge in [0.05, 0.1) is 26.0 Å². The third-order valence-corrected chi connectivity index (χ3v) is 5.28. The number of amides is 1. The molecule has 24 heavy (non-hydrogen) atoms. The standard InChI is InChI=1S/C16H26NO6P/c1-3-22-24(20,23-4-2)13-5-12-21-15-8-6-14(7-9-15)10-11-17-16(18)19/h6-9,17H,3-5,10-13H2,1-2H3,(H,18,19). The molecule has 2 N–H and O–H groups in total. The Bertz CT molecular complexity index is 524. The third kappa shape index (κ3) is 8.34. The van der Waals surface area contributed by atoms with Crippen molar-refractivity contribution >= 4 is 13.7 Å². The Labute approximate surface area is 142 Å². The van der Waals surface area contributed by atoms with Crippen LogP contribution in [0.4, 0.5) is 4.79 Å². The molecule has 0 atom stereocenters. The average molecular weight is 359 g/mol. The van der Waals surface area contributed by atoms with E-state index in [0.29, 0.717) is 51.1 Å². The van der Waals surface area contributed by atoms with Gasteiger partial charge in [-0.15, -0.1) is 0 Å². The van der Waals surface area contributed by atoms with Gasteiger partial charge in [-0.2, -0.15) is 0 Å². The normalized spacial score (nSPS) is 11.2. The van der Waals surface area contributed by atoms with Gasteiger partial charge in [-0.3, -0.25) is 4.57 Å². The van der Waals surface area contributed by atoms with Crippen LogP contribution in [0.15, 0.2) is 24.3 Å². The molecule has 136 valence electrons. The van der Waals surface area contributed by atoms with Gasteiger partial charge in [0, 0.05) is 6.54 Å². The monoisotopic (exact) mass is 359 g/mol. The molecule has 1 aromatic carbocycles. The molecular formula is C16H26NO6P. The Kier molecular flexibility index (Phi) is 9.45. The highest BCUT2D eigenvalue weighted by Gasteiger charge is 2.22. The molecular weight excluding hydrogens is 333 g/mol. The van der Waals surface area contributed by atoms with E-state index in [1.54, 1.807) is 13.8 Å². The summed E-state index contributed by atoms with van der Waals surface area (Å²) in [5.41, 5.74) is 1.02. The van der Waals surface area contributed by atoms with Crippen LogP contribution >= 0.6 is 7.60 Å². The minimum absolute atomic E-state index is 0.327. The number of rotatable bonds is 12. The number of hydrogen-bond acceptors (Lipinski definition) is 5. The van der Waals surface area contributed by atoms with E-state index < -0.39 is 13.7 Å². The minimum Gasteiger partial charge on any atom is -0.494 e. The molecule has 0 spiro atoms. The Morgan fingerprint density at radius 1 is 1.17 bits per heavy atom. The third-order valence-electron chi connectivity index (χ3n) is 3.11. The molecule has 0 aliphatic heterocycles. The van der Waals surface area contributed by atoms with Crippen LogP contribution in [0.25, 0.3) is 0 Å². The zero-order valence-corrected chi connectivity index (χ0v) is 15.1. The maximum Gasteiger partial charge on any atom is 0.404 e. The van der Waals surface area contributed by atoms with Crippen molar-refractivity contribution in [3.63, 3.8) is 0 Å². The largest absolute Gasteiger partial charge is 0.494 e. The Morgan fingerprint density at radius 2 is 1.79 bits per heavy atom. The van der Waals surface area contributed by atoms with Crippen LogP contribution < -0.4 is 10.1 Å². The Balaban J connectivity index is 2.32. The second-order valence-corrected chi connectivity index (χ2v) is 7.18. The first-order valence-electron chi connectivity index (χ1n) is 8.05. The molecule has 0 heterocycles. The maximum absolute atomic E-state index is 12.3. The summed E-state index contributed by atoms with van der Waals surface area (Å²) < 4.78 is 28.3. The molecule has 8 heteroatoms. The highest BCUT2D eigenvalue weighted by Crippen LogP contribution is 2.48. The molecule has 7 nitrogen and oxygen atoms in total. The number of nitrogens with one attached hydrogen (secondary N) is 1. The summed E-state index contributed by atoms with van der Waals surface area (Å²) in [7, 11) is -3.00. The molecule has 0 radical (unpaired) electrons. The van der Waals surface area contributed by atoms with Crippen molar-refractivity contribution < 1.29 is 28.3 Å². The van der Waals surface area contributed by atoms with Crippen LogP contribution in [0.5, 0.6) is 5.75 Å². The summed E-state index contributed by atoms with van der Waals surface area (Å²) in [4.78, 5) is 10.4. The van der Waals surface area contributed by atoms with Crippen LogP contribution in [0, 0.1) is 0 Å². The SMILES string of the molecule is CCOP(=O)(CCCOc1ccc(CCNC(=O)O)cc1)OCC. The van der Waals surface area contributed by atoms with E-state index in [9.17, 15) is 9.36 Å². The van der Waals surface area contributed by atoms with Crippen LogP contribution in [0.1, 0.15) is 25.8 Å². The van der Waals surface area contributed by atoms with Gasteiger partial charge in [0.25, 0.3) is 0 Å². The lowest BCUT2D eigenvalue weighted by atomic mass is 10.1. The Morgan fingerprint density at radius 3 is 2.33 bits per heavy atom. The van der Waals surface area contributed by atoms with E-state index in [2.05, 4.69) is 5.32 Å². The number of ether oxygens (including phenoxy) is 1. The van der Waals surface area contributed by atoms with Crippen molar-refractivity contribution in [1.82, 2.24) is 5.32 Å². The molecule has 1 rings (SSSR count). The first kappa shape index (κ1) is 20.5. The van der Waals surface area contributed by atoms with E-state index in [1.807, 2.05) is 24.3 Å². The topological polar surface area (TPSA) is 94.1 Å². The van der Waals surface area contributed by atoms with Gasteiger partial charge in [-0.05, 0) is 44.4 Å². The van der Waals surface area contributed by atoms with Gasteiger partial charge in [0.2, 0.25) is 0 Å². The summed E-state index contributed by atoms with van der Waals surface area (Å²) in [5, 5.41) is 10.8. The molecule has 0 aliphatic carbocycles. The van der Waals surface area contributed by atoms with Crippen LogP contribution in [0.2, 0.25) is 0 Å². The first-order valence-corrected chi connectivity index (χ1v) is 9.78. The molecule has 0 fully saturated rings. The predicted molar refractivity (Wildman–Crippen MR) is 92.0 cm³/mol. The van der Waals surface area contributed by atoms with Crippen LogP contribution in [-0.4, -0.2) is 43.7 Å².